The minimum Gasteiger partial charge on any atom is -0.356 e. The summed E-state index contributed by atoms with van der Waals surface area (Å²) in [5, 5.41) is 5.87. The molecule has 2 amide bonds. The molecule has 1 saturated heterocycles. The van der Waals surface area contributed by atoms with Gasteiger partial charge in [0.05, 0.1) is 11.5 Å². The zero-order chi connectivity index (χ0) is 17.7. The summed E-state index contributed by atoms with van der Waals surface area (Å²) in [5.41, 5.74) is 0. The van der Waals surface area contributed by atoms with Crippen LogP contribution >= 0.6 is 0 Å². The van der Waals surface area contributed by atoms with E-state index in [-0.39, 0.29) is 41.2 Å². The molecule has 0 aromatic rings. The van der Waals surface area contributed by atoms with E-state index in [0.29, 0.717) is 31.7 Å². The topological polar surface area (TPSA) is 92.3 Å². The molecule has 1 atom stereocenters. The molecule has 2 N–H and O–H groups in total. The van der Waals surface area contributed by atoms with Crippen LogP contribution in [0, 0.1) is 17.8 Å². The molecule has 1 unspecified atom stereocenters. The number of carbonyl (C=O) groups excluding carboxylic acids is 2. The Morgan fingerprint density at radius 2 is 1.58 bits per heavy atom. The lowest BCUT2D eigenvalue weighted by atomic mass is 9.81. The van der Waals surface area contributed by atoms with Crippen molar-refractivity contribution in [2.75, 3.05) is 18.1 Å². The van der Waals surface area contributed by atoms with E-state index in [2.05, 4.69) is 24.5 Å². The van der Waals surface area contributed by atoms with Crippen molar-refractivity contribution in [3.8, 4) is 0 Å². The van der Waals surface area contributed by atoms with Crippen molar-refractivity contribution in [2.45, 2.75) is 58.4 Å². The van der Waals surface area contributed by atoms with Crippen LogP contribution in [-0.4, -0.2) is 44.3 Å². The second-order valence-corrected chi connectivity index (χ2v) is 9.86. The Morgan fingerprint density at radius 3 is 2.08 bits per heavy atom. The van der Waals surface area contributed by atoms with Gasteiger partial charge in [-0.25, -0.2) is 8.42 Å². The quantitative estimate of drug-likeness (QED) is 0.748. The van der Waals surface area contributed by atoms with Gasteiger partial charge in [-0.1, -0.05) is 13.8 Å². The average molecular weight is 359 g/mol. The SMILES string of the molecule is CC(C)CCNC(=O)C1CCC(C(=O)NC2CCS(=O)(=O)C2)CC1. The Morgan fingerprint density at radius 1 is 1.00 bits per heavy atom. The van der Waals surface area contributed by atoms with Crippen molar-refractivity contribution in [1.29, 1.82) is 0 Å². The predicted octanol–water partition coefficient (Wildman–Crippen LogP) is 1.26. The Balaban J connectivity index is 1.70. The first-order valence-corrected chi connectivity index (χ1v) is 10.9. The highest BCUT2D eigenvalue weighted by molar-refractivity contribution is 7.91. The zero-order valence-electron chi connectivity index (χ0n) is 14.7. The summed E-state index contributed by atoms with van der Waals surface area (Å²) in [6.45, 7) is 4.98. The molecular formula is C17H30N2O4S. The van der Waals surface area contributed by atoms with Crippen LogP contribution in [0.4, 0.5) is 0 Å². The maximum absolute atomic E-state index is 12.3. The van der Waals surface area contributed by atoms with Gasteiger partial charge in [-0.3, -0.25) is 9.59 Å². The van der Waals surface area contributed by atoms with E-state index < -0.39 is 9.84 Å². The highest BCUT2D eigenvalue weighted by Crippen LogP contribution is 2.29. The van der Waals surface area contributed by atoms with Crippen LogP contribution in [0.3, 0.4) is 0 Å². The minimum atomic E-state index is -2.97. The Kier molecular flexibility index (Phi) is 6.66. The van der Waals surface area contributed by atoms with Crippen LogP contribution in [0.5, 0.6) is 0 Å². The molecule has 1 heterocycles. The van der Waals surface area contributed by atoms with Crippen molar-refractivity contribution in [3.05, 3.63) is 0 Å². The number of carbonyl (C=O) groups is 2. The van der Waals surface area contributed by atoms with Crippen molar-refractivity contribution < 1.29 is 18.0 Å². The molecule has 2 rings (SSSR count). The van der Waals surface area contributed by atoms with Crippen LogP contribution in [0.1, 0.15) is 52.4 Å². The van der Waals surface area contributed by atoms with Gasteiger partial charge in [0.1, 0.15) is 0 Å². The molecule has 0 spiro atoms. The largest absolute Gasteiger partial charge is 0.356 e. The van der Waals surface area contributed by atoms with Gasteiger partial charge in [0, 0.05) is 24.4 Å². The molecule has 1 aliphatic heterocycles. The summed E-state index contributed by atoms with van der Waals surface area (Å²) in [6.07, 6.45) is 4.36. The Hall–Kier alpha value is -1.11. The molecule has 24 heavy (non-hydrogen) atoms. The summed E-state index contributed by atoms with van der Waals surface area (Å²) >= 11 is 0. The molecule has 2 fully saturated rings. The number of amides is 2. The maximum Gasteiger partial charge on any atom is 0.223 e. The first-order chi connectivity index (χ1) is 11.3. The number of hydrogen-bond donors (Lipinski definition) is 2. The third kappa shape index (κ3) is 5.76. The van der Waals surface area contributed by atoms with E-state index in [1.165, 1.54) is 0 Å². The smallest absolute Gasteiger partial charge is 0.223 e. The molecule has 138 valence electrons. The summed E-state index contributed by atoms with van der Waals surface area (Å²) < 4.78 is 22.9. The van der Waals surface area contributed by atoms with Gasteiger partial charge in [-0.15, -0.1) is 0 Å². The van der Waals surface area contributed by atoms with Gasteiger partial charge in [0.25, 0.3) is 0 Å². The van der Waals surface area contributed by atoms with Gasteiger partial charge in [0.15, 0.2) is 9.84 Å². The summed E-state index contributed by atoms with van der Waals surface area (Å²) in [4.78, 5) is 24.4. The number of nitrogens with one attached hydrogen (secondary N) is 2. The van der Waals surface area contributed by atoms with E-state index in [1.807, 2.05) is 0 Å². The third-order valence-electron chi connectivity index (χ3n) is 5.07. The van der Waals surface area contributed by atoms with Crippen LogP contribution < -0.4 is 10.6 Å². The van der Waals surface area contributed by atoms with Crippen molar-refractivity contribution in [1.82, 2.24) is 10.6 Å². The lowest BCUT2D eigenvalue weighted by Crippen LogP contribution is -2.42. The normalized spacial score (nSPS) is 29.4. The maximum atomic E-state index is 12.3. The Bertz CT molecular complexity index is 551. The molecule has 7 heteroatoms. The van der Waals surface area contributed by atoms with Crippen LogP contribution in [0.25, 0.3) is 0 Å². The van der Waals surface area contributed by atoms with Gasteiger partial charge in [-0.05, 0) is 44.4 Å². The van der Waals surface area contributed by atoms with E-state index in [0.717, 1.165) is 19.3 Å². The van der Waals surface area contributed by atoms with E-state index in [9.17, 15) is 18.0 Å². The minimum absolute atomic E-state index is 0.00747. The van der Waals surface area contributed by atoms with Gasteiger partial charge < -0.3 is 10.6 Å². The zero-order valence-corrected chi connectivity index (χ0v) is 15.5. The first-order valence-electron chi connectivity index (χ1n) is 9.05. The average Bonchev–Trinajstić information content (AvgIpc) is 2.85. The fourth-order valence-electron chi connectivity index (χ4n) is 3.47. The molecule has 0 aromatic heterocycles. The molecule has 1 saturated carbocycles. The molecule has 2 aliphatic rings. The number of rotatable bonds is 6. The predicted molar refractivity (Wildman–Crippen MR) is 93.1 cm³/mol. The molecular weight excluding hydrogens is 328 g/mol. The lowest BCUT2D eigenvalue weighted by molar-refractivity contribution is -0.130. The fraction of sp³-hybridized carbons (Fsp3) is 0.882. The summed E-state index contributed by atoms with van der Waals surface area (Å²) in [7, 11) is -2.97. The Labute approximate surface area is 145 Å². The highest BCUT2D eigenvalue weighted by atomic mass is 32.2. The molecule has 0 bridgehead atoms. The molecule has 1 aliphatic carbocycles. The van der Waals surface area contributed by atoms with Gasteiger partial charge in [-0.2, -0.15) is 0 Å². The summed E-state index contributed by atoms with van der Waals surface area (Å²) in [6, 6.07) is -0.237. The standard InChI is InChI=1S/C17H30N2O4S/c1-12(2)7-9-18-16(20)13-3-5-14(6-4-13)17(21)19-15-8-10-24(22,23)11-15/h12-15H,3-11H2,1-2H3,(H,18,20)(H,19,21). The van der Waals surface area contributed by atoms with E-state index in [4.69, 9.17) is 0 Å². The third-order valence-corrected chi connectivity index (χ3v) is 6.84. The van der Waals surface area contributed by atoms with Crippen molar-refractivity contribution in [3.63, 3.8) is 0 Å². The lowest BCUT2D eigenvalue weighted by Gasteiger charge is -2.28. The van der Waals surface area contributed by atoms with Crippen LogP contribution in [-0.2, 0) is 19.4 Å². The second-order valence-electron chi connectivity index (χ2n) is 7.63. The van der Waals surface area contributed by atoms with Gasteiger partial charge in [0.2, 0.25) is 11.8 Å². The molecule has 6 nitrogen and oxygen atoms in total. The van der Waals surface area contributed by atoms with Crippen molar-refractivity contribution in [2.24, 2.45) is 17.8 Å². The number of hydrogen-bond acceptors (Lipinski definition) is 4. The summed E-state index contributed by atoms with van der Waals surface area (Å²) in [5.74, 6) is 0.783. The molecule has 0 aromatic carbocycles. The molecule has 0 radical (unpaired) electrons. The van der Waals surface area contributed by atoms with Crippen molar-refractivity contribution >= 4 is 21.7 Å². The van der Waals surface area contributed by atoms with Crippen LogP contribution in [0.2, 0.25) is 0 Å². The van der Waals surface area contributed by atoms with Crippen LogP contribution in [0.15, 0.2) is 0 Å². The second kappa shape index (κ2) is 8.32. The van der Waals surface area contributed by atoms with E-state index in [1.54, 1.807) is 0 Å². The van der Waals surface area contributed by atoms with Gasteiger partial charge >= 0.3 is 0 Å². The highest BCUT2D eigenvalue weighted by Gasteiger charge is 2.33. The fourth-order valence-corrected chi connectivity index (χ4v) is 5.15. The van der Waals surface area contributed by atoms with E-state index >= 15 is 0 Å². The first kappa shape index (κ1) is 19.2. The monoisotopic (exact) mass is 358 g/mol. The number of sulfone groups is 1.